The van der Waals surface area contributed by atoms with Gasteiger partial charge in [0.25, 0.3) is 5.91 Å². The van der Waals surface area contributed by atoms with E-state index in [4.69, 9.17) is 18.9 Å². The molecular formula is C20H28N2O6. The molecule has 154 valence electrons. The van der Waals surface area contributed by atoms with Crippen molar-refractivity contribution in [2.24, 2.45) is 0 Å². The molecule has 0 radical (unpaired) electrons. The third-order valence-electron chi connectivity index (χ3n) is 4.93. The van der Waals surface area contributed by atoms with E-state index in [0.717, 1.165) is 5.57 Å². The van der Waals surface area contributed by atoms with Gasteiger partial charge in [-0.25, -0.2) is 4.79 Å². The topological polar surface area (TPSA) is 86.3 Å². The number of nitrogens with zero attached hydrogens (tertiary/aromatic N) is 1. The lowest BCUT2D eigenvalue weighted by Crippen LogP contribution is -2.49. The van der Waals surface area contributed by atoms with Crippen molar-refractivity contribution in [3.63, 3.8) is 0 Å². The normalized spacial score (nSPS) is 17.7. The summed E-state index contributed by atoms with van der Waals surface area (Å²) in [6.07, 6.45) is -0.445. The third kappa shape index (κ3) is 4.28. The van der Waals surface area contributed by atoms with Gasteiger partial charge in [-0.05, 0) is 37.1 Å². The van der Waals surface area contributed by atoms with E-state index in [2.05, 4.69) is 5.32 Å². The summed E-state index contributed by atoms with van der Waals surface area (Å²) < 4.78 is 20.7. The highest BCUT2D eigenvalue weighted by atomic mass is 16.5. The fraction of sp³-hybridized carbons (Fsp3) is 0.500. The van der Waals surface area contributed by atoms with Gasteiger partial charge in [0.1, 0.15) is 12.2 Å². The zero-order valence-corrected chi connectivity index (χ0v) is 17.2. The number of esters is 1. The maximum Gasteiger partial charge on any atom is 0.327 e. The second-order valence-corrected chi connectivity index (χ2v) is 6.44. The van der Waals surface area contributed by atoms with E-state index in [1.54, 1.807) is 44.2 Å². The van der Waals surface area contributed by atoms with Crippen LogP contribution >= 0.6 is 0 Å². The molecular weight excluding hydrogens is 364 g/mol. The number of carbonyl (C=O) groups is 2. The second kappa shape index (κ2) is 9.57. The predicted molar refractivity (Wildman–Crippen MR) is 103 cm³/mol. The van der Waals surface area contributed by atoms with E-state index < -0.39 is 18.2 Å². The third-order valence-corrected chi connectivity index (χ3v) is 4.93. The Kier molecular flexibility index (Phi) is 7.42. The monoisotopic (exact) mass is 392 g/mol. The van der Waals surface area contributed by atoms with Crippen molar-refractivity contribution in [1.29, 1.82) is 0 Å². The molecule has 28 heavy (non-hydrogen) atoms. The molecule has 0 fully saturated rings. The van der Waals surface area contributed by atoms with Crippen LogP contribution in [-0.2, 0) is 19.1 Å². The van der Waals surface area contributed by atoms with Crippen LogP contribution < -0.4 is 14.8 Å². The van der Waals surface area contributed by atoms with Gasteiger partial charge in [0.15, 0.2) is 11.5 Å². The van der Waals surface area contributed by atoms with Gasteiger partial charge < -0.3 is 23.8 Å². The Hall–Kier alpha value is -2.58. The van der Waals surface area contributed by atoms with Crippen LogP contribution in [0, 0.1) is 0 Å². The van der Waals surface area contributed by atoms with E-state index in [1.807, 2.05) is 6.92 Å². The lowest BCUT2D eigenvalue weighted by Gasteiger charge is -2.30. The van der Waals surface area contributed by atoms with Crippen molar-refractivity contribution >= 4 is 11.9 Å². The summed E-state index contributed by atoms with van der Waals surface area (Å²) in [6.45, 7) is 4.45. The summed E-state index contributed by atoms with van der Waals surface area (Å²) in [6, 6.07) is 4.41. The first kappa shape index (κ1) is 21.7. The van der Waals surface area contributed by atoms with Crippen molar-refractivity contribution in [2.45, 2.75) is 26.1 Å². The minimum atomic E-state index is -0.798. The first-order valence-electron chi connectivity index (χ1n) is 8.92. The Morgan fingerprint density at radius 1 is 1.14 bits per heavy atom. The molecule has 1 aromatic carbocycles. The number of nitrogens with one attached hydrogen (secondary N) is 1. The first-order chi connectivity index (χ1) is 13.4. The van der Waals surface area contributed by atoms with Crippen LogP contribution in [0.5, 0.6) is 11.5 Å². The number of carbonyl (C=O) groups excluding carboxylic acids is 2. The quantitative estimate of drug-likeness (QED) is 0.640. The maximum atomic E-state index is 12.6. The zero-order valence-electron chi connectivity index (χ0n) is 17.2. The van der Waals surface area contributed by atoms with E-state index in [0.29, 0.717) is 35.8 Å². The number of ether oxygens (including phenoxy) is 4. The molecule has 0 aliphatic carbocycles. The fourth-order valence-corrected chi connectivity index (χ4v) is 3.18. The molecule has 1 heterocycles. The predicted octanol–water partition coefficient (Wildman–Crippen LogP) is 1.66. The van der Waals surface area contributed by atoms with Crippen LogP contribution in [-0.4, -0.2) is 64.5 Å². The molecule has 8 heteroatoms. The van der Waals surface area contributed by atoms with Crippen molar-refractivity contribution in [3.8, 4) is 11.5 Å². The highest BCUT2D eigenvalue weighted by Gasteiger charge is 2.37. The SMILES string of the molecule is COCCN1C(=O)C(C)=C(C)[C@@H]1N[C@H](C(=O)OC)c1ccc(OC)c(OC)c1. The van der Waals surface area contributed by atoms with Crippen molar-refractivity contribution < 1.29 is 28.5 Å². The molecule has 0 aromatic heterocycles. The van der Waals surface area contributed by atoms with E-state index in [-0.39, 0.29) is 5.91 Å². The zero-order chi connectivity index (χ0) is 20.8. The van der Waals surface area contributed by atoms with Gasteiger partial charge in [0, 0.05) is 19.2 Å². The lowest BCUT2D eigenvalue weighted by molar-refractivity contribution is -0.144. The van der Waals surface area contributed by atoms with Gasteiger partial charge in [0.2, 0.25) is 0 Å². The molecule has 1 aromatic rings. The highest BCUT2D eigenvalue weighted by Crippen LogP contribution is 2.32. The standard InChI is InChI=1S/C20H28N2O6/c1-12-13(2)19(23)22(9-10-25-3)18(12)21-17(20(24)28-6)14-7-8-15(26-4)16(11-14)27-5/h7-8,11,17-18,21H,9-10H2,1-6H3/t17-,18+/m0/s1. The van der Waals surface area contributed by atoms with Crippen LogP contribution in [0.1, 0.15) is 25.5 Å². The van der Waals surface area contributed by atoms with Gasteiger partial charge in [0.05, 0.1) is 27.9 Å². The summed E-state index contributed by atoms with van der Waals surface area (Å²) in [4.78, 5) is 26.8. The number of benzene rings is 1. The largest absolute Gasteiger partial charge is 0.493 e. The summed E-state index contributed by atoms with van der Waals surface area (Å²) in [5.74, 6) is 0.504. The second-order valence-electron chi connectivity index (χ2n) is 6.44. The number of hydrogen-bond acceptors (Lipinski definition) is 7. The molecule has 0 saturated heterocycles. The molecule has 2 rings (SSSR count). The van der Waals surface area contributed by atoms with Crippen molar-refractivity contribution in [3.05, 3.63) is 34.9 Å². The Balaban J connectivity index is 2.38. The summed E-state index contributed by atoms with van der Waals surface area (Å²) in [5.41, 5.74) is 2.15. The molecule has 8 nitrogen and oxygen atoms in total. The molecule has 1 aliphatic heterocycles. The Morgan fingerprint density at radius 2 is 1.82 bits per heavy atom. The summed E-state index contributed by atoms with van der Waals surface area (Å²) in [7, 11) is 5.98. The van der Waals surface area contributed by atoms with Gasteiger partial charge in [-0.1, -0.05) is 6.07 Å². The molecule has 0 spiro atoms. The van der Waals surface area contributed by atoms with E-state index in [9.17, 15) is 9.59 Å². The van der Waals surface area contributed by atoms with Gasteiger partial charge in [-0.2, -0.15) is 0 Å². The van der Waals surface area contributed by atoms with Crippen LogP contribution in [0.25, 0.3) is 0 Å². The molecule has 2 atom stereocenters. The lowest BCUT2D eigenvalue weighted by atomic mass is 10.0. The molecule has 0 bridgehead atoms. The van der Waals surface area contributed by atoms with Crippen LogP contribution in [0.4, 0.5) is 0 Å². The average molecular weight is 392 g/mol. The van der Waals surface area contributed by atoms with Crippen LogP contribution in [0.15, 0.2) is 29.3 Å². The van der Waals surface area contributed by atoms with Crippen LogP contribution in [0.3, 0.4) is 0 Å². The highest BCUT2D eigenvalue weighted by molar-refractivity contribution is 5.97. The minimum absolute atomic E-state index is 0.0806. The van der Waals surface area contributed by atoms with Crippen molar-refractivity contribution in [1.82, 2.24) is 10.2 Å². The van der Waals surface area contributed by atoms with Gasteiger partial charge in [-0.3, -0.25) is 10.1 Å². The Labute approximate surface area is 165 Å². The summed E-state index contributed by atoms with van der Waals surface area (Å²) >= 11 is 0. The Bertz CT molecular complexity index is 761. The molecule has 1 N–H and O–H groups in total. The molecule has 0 saturated carbocycles. The average Bonchev–Trinajstić information content (AvgIpc) is 2.92. The number of amides is 1. The molecule has 0 unspecified atom stereocenters. The first-order valence-corrected chi connectivity index (χ1v) is 8.92. The maximum absolute atomic E-state index is 12.6. The molecule has 1 aliphatic rings. The number of methoxy groups -OCH3 is 4. The smallest absolute Gasteiger partial charge is 0.327 e. The van der Waals surface area contributed by atoms with E-state index in [1.165, 1.54) is 14.2 Å². The van der Waals surface area contributed by atoms with Crippen LogP contribution in [0.2, 0.25) is 0 Å². The summed E-state index contributed by atoms with van der Waals surface area (Å²) in [5, 5.41) is 3.26. The van der Waals surface area contributed by atoms with Gasteiger partial charge >= 0.3 is 5.97 Å². The fourth-order valence-electron chi connectivity index (χ4n) is 3.18. The number of rotatable bonds is 9. The number of hydrogen-bond donors (Lipinski definition) is 1. The Morgan fingerprint density at radius 3 is 2.39 bits per heavy atom. The molecule has 1 amide bonds. The van der Waals surface area contributed by atoms with Crippen molar-refractivity contribution in [2.75, 3.05) is 41.6 Å². The van der Waals surface area contributed by atoms with Gasteiger partial charge in [-0.15, -0.1) is 0 Å². The minimum Gasteiger partial charge on any atom is -0.493 e. The van der Waals surface area contributed by atoms with E-state index >= 15 is 0 Å².